The van der Waals surface area contributed by atoms with Gasteiger partial charge in [0.1, 0.15) is 11.6 Å². The van der Waals surface area contributed by atoms with E-state index >= 15 is 0 Å². The summed E-state index contributed by atoms with van der Waals surface area (Å²) in [5, 5.41) is 0. The molecule has 0 heterocycles. The van der Waals surface area contributed by atoms with Gasteiger partial charge in [-0.2, -0.15) is 0 Å². The Balaban J connectivity index is 1.86. The minimum Gasteiger partial charge on any atom is -0.481 e. The number of amides is 1. The van der Waals surface area contributed by atoms with Gasteiger partial charge in [-0.1, -0.05) is 24.3 Å². The number of rotatable bonds is 7. The Morgan fingerprint density at radius 1 is 1.00 bits per heavy atom. The molecule has 0 radical (unpaired) electrons. The number of Topliss-reactive ketones (excluding diaryl/α,β-unsaturated/α-hetero) is 1. The number of para-hydroxylation sites is 1. The Morgan fingerprint density at radius 2 is 1.75 bits per heavy atom. The van der Waals surface area contributed by atoms with Gasteiger partial charge in [0.05, 0.1) is 5.56 Å². The summed E-state index contributed by atoms with van der Waals surface area (Å²) in [7, 11) is 0. The molecule has 2 rings (SSSR count). The van der Waals surface area contributed by atoms with Gasteiger partial charge in [0.2, 0.25) is 0 Å². The monoisotopic (exact) mass is 331 g/mol. The van der Waals surface area contributed by atoms with Crippen molar-refractivity contribution < 1.29 is 28.2 Å². The van der Waals surface area contributed by atoms with Crippen molar-refractivity contribution in [1.29, 1.82) is 0 Å². The predicted octanol–water partition coefficient (Wildman–Crippen LogP) is 1.73. The summed E-state index contributed by atoms with van der Waals surface area (Å²) in [6.07, 6.45) is 0. The van der Waals surface area contributed by atoms with Crippen LogP contribution in [0.15, 0.2) is 48.5 Å². The highest BCUT2D eigenvalue weighted by atomic mass is 19.1. The van der Waals surface area contributed by atoms with Crippen LogP contribution in [0.5, 0.6) is 5.75 Å². The molecule has 1 amide bonds. The van der Waals surface area contributed by atoms with E-state index in [0.29, 0.717) is 0 Å². The zero-order valence-electron chi connectivity index (χ0n) is 12.5. The van der Waals surface area contributed by atoms with E-state index in [1.165, 1.54) is 30.3 Å². The van der Waals surface area contributed by atoms with E-state index in [2.05, 4.69) is 0 Å². The first-order valence-corrected chi connectivity index (χ1v) is 6.93. The molecule has 0 aliphatic carbocycles. The molecule has 0 bridgehead atoms. The lowest BCUT2D eigenvalue weighted by atomic mass is 10.1. The molecule has 2 aromatic rings. The zero-order chi connectivity index (χ0) is 17.5. The maximum atomic E-state index is 13.0. The highest BCUT2D eigenvalue weighted by Crippen LogP contribution is 2.17. The number of carbonyl (C=O) groups excluding carboxylic acids is 3. The van der Waals surface area contributed by atoms with Crippen molar-refractivity contribution in [1.82, 2.24) is 0 Å². The van der Waals surface area contributed by atoms with Crippen LogP contribution < -0.4 is 10.5 Å². The van der Waals surface area contributed by atoms with E-state index in [9.17, 15) is 18.8 Å². The van der Waals surface area contributed by atoms with Crippen molar-refractivity contribution in [3.8, 4) is 5.75 Å². The number of hydrogen-bond acceptors (Lipinski definition) is 5. The summed E-state index contributed by atoms with van der Waals surface area (Å²) >= 11 is 0. The van der Waals surface area contributed by atoms with E-state index in [-0.39, 0.29) is 16.9 Å². The highest BCUT2D eigenvalue weighted by Gasteiger charge is 2.13. The molecular weight excluding hydrogens is 317 g/mol. The largest absolute Gasteiger partial charge is 0.481 e. The summed E-state index contributed by atoms with van der Waals surface area (Å²) in [5.41, 5.74) is 5.41. The van der Waals surface area contributed by atoms with Crippen molar-refractivity contribution in [3.63, 3.8) is 0 Å². The number of hydrogen-bond donors (Lipinski definition) is 1. The van der Waals surface area contributed by atoms with Crippen LogP contribution in [-0.2, 0) is 9.53 Å². The molecule has 0 aromatic heterocycles. The molecule has 2 N–H and O–H groups in total. The number of esters is 1. The first-order chi connectivity index (χ1) is 11.5. The third kappa shape index (κ3) is 4.64. The van der Waals surface area contributed by atoms with Crippen LogP contribution in [-0.4, -0.2) is 30.9 Å². The average Bonchev–Trinajstić information content (AvgIpc) is 2.58. The van der Waals surface area contributed by atoms with Gasteiger partial charge in [-0.05, 0) is 24.3 Å². The molecule has 2 aromatic carbocycles. The lowest BCUT2D eigenvalue weighted by Crippen LogP contribution is -2.21. The van der Waals surface area contributed by atoms with E-state index in [0.717, 1.165) is 6.07 Å². The number of benzene rings is 2. The van der Waals surface area contributed by atoms with Gasteiger partial charge in [-0.3, -0.25) is 9.59 Å². The molecule has 0 aliphatic rings. The molecular formula is C17H14FNO5. The fraction of sp³-hybridized carbons (Fsp3) is 0.118. The maximum Gasteiger partial charge on any atom is 0.344 e. The number of nitrogens with two attached hydrogens (primary N) is 1. The van der Waals surface area contributed by atoms with Crippen molar-refractivity contribution in [2.45, 2.75) is 0 Å². The molecule has 6 nitrogen and oxygen atoms in total. The first kappa shape index (κ1) is 17.1. The Hall–Kier alpha value is -3.22. The third-order valence-corrected chi connectivity index (χ3v) is 3.01. The van der Waals surface area contributed by atoms with Crippen molar-refractivity contribution in [2.75, 3.05) is 13.2 Å². The standard InChI is InChI=1S/C17H14FNO5/c18-12-5-3-4-11(8-12)14(20)9-24-16(21)10-23-15-7-2-1-6-13(15)17(19)22/h1-8H,9-10H2,(H2,19,22). The molecule has 124 valence electrons. The van der Waals surface area contributed by atoms with Gasteiger partial charge in [-0.15, -0.1) is 0 Å². The minimum absolute atomic E-state index is 0.0998. The van der Waals surface area contributed by atoms with Crippen molar-refractivity contribution in [2.24, 2.45) is 5.73 Å². The van der Waals surface area contributed by atoms with Gasteiger partial charge < -0.3 is 15.2 Å². The molecule has 0 fully saturated rings. The van der Waals surface area contributed by atoms with Crippen LogP contribution >= 0.6 is 0 Å². The molecule has 0 unspecified atom stereocenters. The summed E-state index contributed by atoms with van der Waals surface area (Å²) < 4.78 is 23.0. The van der Waals surface area contributed by atoms with E-state index in [1.807, 2.05) is 0 Å². The lowest BCUT2D eigenvalue weighted by molar-refractivity contribution is -0.144. The molecule has 0 saturated carbocycles. The van der Waals surface area contributed by atoms with Crippen LogP contribution in [0, 0.1) is 5.82 Å². The van der Waals surface area contributed by atoms with Gasteiger partial charge in [0.25, 0.3) is 5.91 Å². The van der Waals surface area contributed by atoms with Gasteiger partial charge in [0, 0.05) is 5.56 Å². The second-order valence-corrected chi connectivity index (χ2v) is 4.74. The van der Waals surface area contributed by atoms with Gasteiger partial charge in [-0.25, -0.2) is 9.18 Å². The first-order valence-electron chi connectivity index (χ1n) is 6.93. The minimum atomic E-state index is -0.806. The average molecular weight is 331 g/mol. The van der Waals surface area contributed by atoms with Crippen LogP contribution in [0.2, 0.25) is 0 Å². The number of ether oxygens (including phenoxy) is 2. The van der Waals surface area contributed by atoms with E-state index in [4.69, 9.17) is 15.2 Å². The summed E-state index contributed by atoms with van der Waals surface area (Å²) in [5.74, 6) is -2.46. The summed E-state index contributed by atoms with van der Waals surface area (Å²) in [6, 6.07) is 11.2. The molecule has 0 spiro atoms. The molecule has 7 heteroatoms. The number of primary amides is 1. The number of halogens is 1. The van der Waals surface area contributed by atoms with Crippen LogP contribution in [0.4, 0.5) is 4.39 Å². The Labute approximate surface area is 137 Å². The van der Waals surface area contributed by atoms with E-state index < -0.39 is 36.7 Å². The number of carbonyl (C=O) groups is 3. The van der Waals surface area contributed by atoms with Crippen LogP contribution in [0.3, 0.4) is 0 Å². The quantitative estimate of drug-likeness (QED) is 0.616. The Morgan fingerprint density at radius 3 is 2.46 bits per heavy atom. The van der Waals surface area contributed by atoms with Gasteiger partial charge in [0.15, 0.2) is 19.0 Å². The zero-order valence-corrected chi connectivity index (χ0v) is 12.5. The fourth-order valence-corrected chi connectivity index (χ4v) is 1.87. The molecule has 0 saturated heterocycles. The summed E-state index contributed by atoms with van der Waals surface area (Å²) in [4.78, 5) is 34.6. The second kappa shape index (κ2) is 7.87. The number of ketones is 1. The SMILES string of the molecule is NC(=O)c1ccccc1OCC(=O)OCC(=O)c1cccc(F)c1. The van der Waals surface area contributed by atoms with Crippen molar-refractivity contribution >= 4 is 17.7 Å². The third-order valence-electron chi connectivity index (χ3n) is 3.01. The van der Waals surface area contributed by atoms with Crippen LogP contribution in [0.25, 0.3) is 0 Å². The highest BCUT2D eigenvalue weighted by molar-refractivity contribution is 5.98. The topological polar surface area (TPSA) is 95.7 Å². The molecule has 24 heavy (non-hydrogen) atoms. The lowest BCUT2D eigenvalue weighted by Gasteiger charge is -2.09. The van der Waals surface area contributed by atoms with Crippen molar-refractivity contribution in [3.05, 3.63) is 65.5 Å². The van der Waals surface area contributed by atoms with E-state index in [1.54, 1.807) is 12.1 Å². The second-order valence-electron chi connectivity index (χ2n) is 4.74. The van der Waals surface area contributed by atoms with Gasteiger partial charge >= 0.3 is 5.97 Å². The summed E-state index contributed by atoms with van der Waals surface area (Å²) in [6.45, 7) is -1.04. The molecule has 0 atom stereocenters. The van der Waals surface area contributed by atoms with Crippen LogP contribution in [0.1, 0.15) is 20.7 Å². The normalized spacial score (nSPS) is 10.0. The Bertz CT molecular complexity index is 775. The Kier molecular flexibility index (Phi) is 5.62. The fourth-order valence-electron chi connectivity index (χ4n) is 1.87. The predicted molar refractivity (Wildman–Crippen MR) is 82.1 cm³/mol. The molecule has 0 aliphatic heterocycles. The maximum absolute atomic E-state index is 13.0. The smallest absolute Gasteiger partial charge is 0.344 e.